The van der Waals surface area contributed by atoms with E-state index in [4.69, 9.17) is 8.83 Å². The van der Waals surface area contributed by atoms with Crippen LogP contribution in [-0.2, 0) is 0 Å². The van der Waals surface area contributed by atoms with E-state index in [0.717, 1.165) is 60.6 Å². The molecule has 3 heteroatoms. The lowest BCUT2D eigenvalue weighted by molar-refractivity contribution is 0.668. The second-order valence-corrected chi connectivity index (χ2v) is 9.70. The van der Waals surface area contributed by atoms with Gasteiger partial charge in [0, 0.05) is 38.4 Å². The van der Waals surface area contributed by atoms with Crippen LogP contribution in [0.2, 0.25) is 0 Å². The normalized spacial score (nSPS) is 12.3. The van der Waals surface area contributed by atoms with E-state index in [0.29, 0.717) is 0 Å². The number of rotatable bonds is 1. The summed E-state index contributed by atoms with van der Waals surface area (Å²) < 4.78 is 15.3. The van der Waals surface area contributed by atoms with Gasteiger partial charge in [-0.25, -0.2) is 0 Å². The van der Waals surface area contributed by atoms with Gasteiger partial charge >= 0.3 is 0 Å². The SMILES string of the molecule is c1ccc2c(c1)oc1cc(-n3c4ccccc4c4c5ccccc5c5c6ccccc6oc5c43)ccc12. The second kappa shape index (κ2) is 6.80. The zero-order chi connectivity index (χ0) is 24.1. The molecule has 6 aromatic carbocycles. The second-order valence-electron chi connectivity index (χ2n) is 9.70. The maximum Gasteiger partial charge on any atom is 0.160 e. The quantitative estimate of drug-likeness (QED) is 0.238. The van der Waals surface area contributed by atoms with Crippen molar-refractivity contribution in [2.24, 2.45) is 0 Å². The molecule has 9 aromatic rings. The number of hydrogen-bond donors (Lipinski definition) is 0. The number of fused-ring (bicyclic) bond motifs is 13. The number of hydrogen-bond acceptors (Lipinski definition) is 2. The van der Waals surface area contributed by atoms with Crippen LogP contribution < -0.4 is 0 Å². The zero-order valence-electron chi connectivity index (χ0n) is 19.7. The minimum Gasteiger partial charge on any atom is -0.456 e. The summed E-state index contributed by atoms with van der Waals surface area (Å²) in [4.78, 5) is 0. The first-order chi connectivity index (χ1) is 18.4. The zero-order valence-corrected chi connectivity index (χ0v) is 19.7. The Labute approximate surface area is 210 Å². The molecule has 0 bridgehead atoms. The van der Waals surface area contributed by atoms with E-state index >= 15 is 0 Å². The van der Waals surface area contributed by atoms with Crippen molar-refractivity contribution in [2.45, 2.75) is 0 Å². The van der Waals surface area contributed by atoms with Crippen molar-refractivity contribution in [2.75, 3.05) is 0 Å². The summed E-state index contributed by atoms with van der Waals surface area (Å²) in [6, 6.07) is 40.4. The van der Waals surface area contributed by atoms with E-state index in [9.17, 15) is 0 Å². The Hall–Kier alpha value is -5.02. The van der Waals surface area contributed by atoms with Crippen molar-refractivity contribution < 1.29 is 8.83 Å². The molecule has 3 heterocycles. The van der Waals surface area contributed by atoms with Crippen molar-refractivity contribution in [3.63, 3.8) is 0 Å². The van der Waals surface area contributed by atoms with Gasteiger partial charge in [-0.1, -0.05) is 78.9 Å². The van der Waals surface area contributed by atoms with Gasteiger partial charge in [-0.05, 0) is 41.1 Å². The number of aromatic nitrogens is 1. The molecule has 0 aliphatic rings. The fourth-order valence-electron chi connectivity index (χ4n) is 6.25. The molecule has 0 atom stereocenters. The van der Waals surface area contributed by atoms with Crippen LogP contribution in [-0.4, -0.2) is 4.57 Å². The number of para-hydroxylation sites is 3. The average molecular weight is 474 g/mol. The topological polar surface area (TPSA) is 31.2 Å². The van der Waals surface area contributed by atoms with Crippen LogP contribution in [0.15, 0.2) is 124 Å². The molecule has 0 saturated heterocycles. The molecule has 3 nitrogen and oxygen atoms in total. The largest absolute Gasteiger partial charge is 0.456 e. The molecule has 0 radical (unpaired) electrons. The van der Waals surface area contributed by atoms with Gasteiger partial charge < -0.3 is 13.4 Å². The average Bonchev–Trinajstić information content (AvgIpc) is 3.62. The van der Waals surface area contributed by atoms with Gasteiger partial charge in [0.15, 0.2) is 5.58 Å². The molecule has 0 unspecified atom stereocenters. The van der Waals surface area contributed by atoms with Crippen LogP contribution in [0.3, 0.4) is 0 Å². The van der Waals surface area contributed by atoms with Crippen LogP contribution in [0.25, 0.3) is 82.1 Å². The van der Waals surface area contributed by atoms with Crippen molar-refractivity contribution >= 4 is 76.5 Å². The first kappa shape index (κ1) is 19.2. The number of nitrogens with zero attached hydrogens (tertiary/aromatic N) is 1. The monoisotopic (exact) mass is 473 g/mol. The molecule has 0 N–H and O–H groups in total. The fourth-order valence-corrected chi connectivity index (χ4v) is 6.25. The highest BCUT2D eigenvalue weighted by Gasteiger charge is 2.23. The molecule has 0 aliphatic heterocycles. The van der Waals surface area contributed by atoms with Gasteiger partial charge in [-0.3, -0.25) is 0 Å². The van der Waals surface area contributed by atoms with E-state index in [1.807, 2.05) is 18.2 Å². The Morgan fingerprint density at radius 2 is 1.03 bits per heavy atom. The summed E-state index contributed by atoms with van der Waals surface area (Å²) >= 11 is 0. The lowest BCUT2D eigenvalue weighted by Gasteiger charge is -2.09. The van der Waals surface area contributed by atoms with Gasteiger partial charge in [-0.2, -0.15) is 0 Å². The maximum absolute atomic E-state index is 6.66. The smallest absolute Gasteiger partial charge is 0.160 e. The van der Waals surface area contributed by atoms with Gasteiger partial charge in [0.2, 0.25) is 0 Å². The fraction of sp³-hybridized carbons (Fsp3) is 0. The third-order valence-corrected chi connectivity index (χ3v) is 7.77. The van der Waals surface area contributed by atoms with E-state index in [-0.39, 0.29) is 0 Å². The molecule has 3 aromatic heterocycles. The van der Waals surface area contributed by atoms with Crippen LogP contribution in [0, 0.1) is 0 Å². The molecular formula is C34H19NO2. The predicted molar refractivity (Wildman–Crippen MR) is 153 cm³/mol. The van der Waals surface area contributed by atoms with Gasteiger partial charge in [0.25, 0.3) is 0 Å². The standard InChI is InChI=1S/C34H19NO2/c1-2-11-24-23(10-1)31-25-12-3-6-14-27(25)35(33(31)34-32(24)26-13-5-8-16-29(26)37-34)20-17-18-22-21-9-4-7-15-28(21)36-30(22)19-20/h1-19H. The Morgan fingerprint density at radius 1 is 0.432 bits per heavy atom. The summed E-state index contributed by atoms with van der Waals surface area (Å²) in [6.45, 7) is 0. The third kappa shape index (κ3) is 2.41. The highest BCUT2D eigenvalue weighted by atomic mass is 16.3. The van der Waals surface area contributed by atoms with E-state index < -0.39 is 0 Å². The van der Waals surface area contributed by atoms with E-state index in [2.05, 4.69) is 102 Å². The minimum absolute atomic E-state index is 0.881. The molecule has 0 amide bonds. The molecular weight excluding hydrogens is 454 g/mol. The van der Waals surface area contributed by atoms with Gasteiger partial charge in [-0.15, -0.1) is 0 Å². The molecule has 0 saturated carbocycles. The summed E-state index contributed by atoms with van der Waals surface area (Å²) in [7, 11) is 0. The number of furan rings is 2. The predicted octanol–water partition coefficient (Wildman–Crippen LogP) is 9.74. The molecule has 0 aliphatic carbocycles. The van der Waals surface area contributed by atoms with Crippen molar-refractivity contribution in [3.05, 3.63) is 115 Å². The summed E-state index contributed by atoms with van der Waals surface area (Å²) in [5, 5.41) is 9.43. The van der Waals surface area contributed by atoms with Crippen LogP contribution in [0.4, 0.5) is 0 Å². The molecule has 0 fully saturated rings. The van der Waals surface area contributed by atoms with Crippen molar-refractivity contribution in [1.29, 1.82) is 0 Å². The highest BCUT2D eigenvalue weighted by molar-refractivity contribution is 6.35. The Balaban J connectivity index is 1.54. The van der Waals surface area contributed by atoms with Crippen molar-refractivity contribution in [3.8, 4) is 5.69 Å². The van der Waals surface area contributed by atoms with Crippen molar-refractivity contribution in [1.82, 2.24) is 4.57 Å². The van der Waals surface area contributed by atoms with Gasteiger partial charge in [0.1, 0.15) is 16.7 Å². The minimum atomic E-state index is 0.881. The molecule has 172 valence electrons. The first-order valence-corrected chi connectivity index (χ1v) is 12.5. The number of benzene rings is 6. The Morgan fingerprint density at radius 3 is 1.84 bits per heavy atom. The van der Waals surface area contributed by atoms with Crippen LogP contribution in [0.5, 0.6) is 0 Å². The lowest BCUT2D eigenvalue weighted by Crippen LogP contribution is -1.94. The maximum atomic E-state index is 6.66. The summed E-state index contributed by atoms with van der Waals surface area (Å²) in [6.07, 6.45) is 0. The molecule has 9 rings (SSSR count). The Bertz CT molecular complexity index is 2360. The van der Waals surface area contributed by atoms with Gasteiger partial charge in [0.05, 0.1) is 16.7 Å². The van der Waals surface area contributed by atoms with Crippen LogP contribution >= 0.6 is 0 Å². The van der Waals surface area contributed by atoms with E-state index in [1.165, 1.54) is 21.5 Å². The van der Waals surface area contributed by atoms with E-state index in [1.54, 1.807) is 0 Å². The summed E-state index contributed by atoms with van der Waals surface area (Å²) in [5.41, 5.74) is 6.88. The van der Waals surface area contributed by atoms with Crippen LogP contribution in [0.1, 0.15) is 0 Å². The Kier molecular flexibility index (Phi) is 3.53. The highest BCUT2D eigenvalue weighted by Crippen LogP contribution is 2.45. The molecule has 0 spiro atoms. The third-order valence-electron chi connectivity index (χ3n) is 7.77. The lowest BCUT2D eigenvalue weighted by atomic mass is 9.99. The molecule has 37 heavy (non-hydrogen) atoms. The first-order valence-electron chi connectivity index (χ1n) is 12.5. The summed E-state index contributed by atoms with van der Waals surface area (Å²) in [5.74, 6) is 0.